The second kappa shape index (κ2) is 4.18. The summed E-state index contributed by atoms with van der Waals surface area (Å²) >= 11 is 5.93. The van der Waals surface area contributed by atoms with Crippen LogP contribution in [0.2, 0.25) is 5.02 Å². The number of methoxy groups -OCH3 is 1. The molecule has 2 rings (SSSR count). The van der Waals surface area contributed by atoms with Crippen LogP contribution in [-0.2, 0) is 10.2 Å². The van der Waals surface area contributed by atoms with Crippen LogP contribution in [0.3, 0.4) is 0 Å². The van der Waals surface area contributed by atoms with E-state index in [-0.39, 0.29) is 12.2 Å². The minimum absolute atomic E-state index is 0.0629. The van der Waals surface area contributed by atoms with Gasteiger partial charge in [0.2, 0.25) is 0 Å². The second-order valence-electron chi connectivity index (χ2n) is 4.32. The van der Waals surface area contributed by atoms with Gasteiger partial charge in [0, 0.05) is 11.5 Å². The van der Waals surface area contributed by atoms with Gasteiger partial charge in [0.25, 0.3) is 0 Å². The second-order valence-corrected chi connectivity index (χ2v) is 4.72. The van der Waals surface area contributed by atoms with Gasteiger partial charge in [-0.05, 0) is 24.5 Å². The number of carboxylic acid groups (broad SMARTS) is 1. The largest absolute Gasteiger partial charge is 0.495 e. The van der Waals surface area contributed by atoms with Crippen molar-refractivity contribution in [2.45, 2.75) is 24.7 Å². The Bertz CT molecular complexity index is 469. The van der Waals surface area contributed by atoms with Gasteiger partial charge >= 0.3 is 5.97 Å². The van der Waals surface area contributed by atoms with E-state index in [9.17, 15) is 9.18 Å². The van der Waals surface area contributed by atoms with Crippen LogP contribution in [0.1, 0.15) is 24.8 Å². The fraction of sp³-hybridized carbons (Fsp3) is 0.417. The van der Waals surface area contributed by atoms with Gasteiger partial charge in [-0.1, -0.05) is 11.6 Å². The fourth-order valence-electron chi connectivity index (χ4n) is 2.07. The molecule has 1 aromatic carbocycles. The highest BCUT2D eigenvalue weighted by Crippen LogP contribution is 2.53. The van der Waals surface area contributed by atoms with E-state index in [1.807, 2.05) is 0 Å². The van der Waals surface area contributed by atoms with Crippen molar-refractivity contribution in [2.75, 3.05) is 7.11 Å². The molecule has 0 atom stereocenters. The monoisotopic (exact) mass is 258 g/mol. The third-order valence-corrected chi connectivity index (χ3v) is 3.45. The van der Waals surface area contributed by atoms with Crippen LogP contribution >= 0.6 is 11.6 Å². The van der Waals surface area contributed by atoms with Gasteiger partial charge < -0.3 is 9.84 Å². The zero-order valence-electron chi connectivity index (χ0n) is 9.30. The molecular weight excluding hydrogens is 247 g/mol. The van der Waals surface area contributed by atoms with Crippen molar-refractivity contribution in [1.82, 2.24) is 0 Å². The van der Waals surface area contributed by atoms with Crippen molar-refractivity contribution in [3.63, 3.8) is 0 Å². The Morgan fingerprint density at radius 3 is 2.71 bits per heavy atom. The molecule has 1 aromatic rings. The van der Waals surface area contributed by atoms with Crippen molar-refractivity contribution in [3.05, 3.63) is 28.5 Å². The van der Waals surface area contributed by atoms with Gasteiger partial charge in [-0.15, -0.1) is 0 Å². The molecule has 1 N–H and O–H groups in total. The lowest BCUT2D eigenvalue weighted by molar-refractivity contribution is -0.137. The molecule has 92 valence electrons. The summed E-state index contributed by atoms with van der Waals surface area (Å²) in [5, 5.41) is 9.14. The molecule has 0 amide bonds. The van der Waals surface area contributed by atoms with Crippen LogP contribution in [0.5, 0.6) is 5.75 Å². The Hall–Kier alpha value is -1.29. The molecule has 0 radical (unpaired) electrons. The normalized spacial score (nSPS) is 16.6. The highest BCUT2D eigenvalue weighted by molar-refractivity contribution is 6.32. The molecule has 0 aromatic heterocycles. The summed E-state index contributed by atoms with van der Waals surface area (Å²) in [5.41, 5.74) is -0.197. The van der Waals surface area contributed by atoms with Gasteiger partial charge in [-0.25, -0.2) is 4.39 Å². The Morgan fingerprint density at radius 2 is 2.24 bits per heavy atom. The zero-order valence-corrected chi connectivity index (χ0v) is 10.1. The number of rotatable bonds is 4. The first-order valence-electron chi connectivity index (χ1n) is 5.24. The smallest absolute Gasteiger partial charge is 0.304 e. The third kappa shape index (κ3) is 2.22. The highest BCUT2D eigenvalue weighted by atomic mass is 35.5. The molecular formula is C12H12ClFO3. The lowest BCUT2D eigenvalue weighted by Gasteiger charge is -2.15. The molecule has 0 spiro atoms. The maximum atomic E-state index is 13.9. The average Bonchev–Trinajstić information content (AvgIpc) is 3.00. The predicted octanol–water partition coefficient (Wildman–Crippen LogP) is 2.99. The van der Waals surface area contributed by atoms with E-state index >= 15 is 0 Å². The Balaban J connectivity index is 2.39. The molecule has 0 aliphatic heterocycles. The minimum Gasteiger partial charge on any atom is -0.495 e. The number of hydrogen-bond acceptors (Lipinski definition) is 2. The number of ether oxygens (including phenoxy) is 1. The molecule has 0 unspecified atom stereocenters. The number of benzene rings is 1. The highest BCUT2D eigenvalue weighted by Gasteiger charge is 2.47. The first-order valence-corrected chi connectivity index (χ1v) is 5.61. The number of hydrogen-bond donors (Lipinski definition) is 1. The van der Waals surface area contributed by atoms with Crippen molar-refractivity contribution < 1.29 is 19.0 Å². The number of halogens is 2. The van der Waals surface area contributed by atoms with Crippen LogP contribution in [0.4, 0.5) is 4.39 Å². The van der Waals surface area contributed by atoms with E-state index in [0.29, 0.717) is 23.4 Å². The van der Waals surface area contributed by atoms with Crippen LogP contribution in [-0.4, -0.2) is 18.2 Å². The molecule has 17 heavy (non-hydrogen) atoms. The molecule has 1 fully saturated rings. The predicted molar refractivity (Wildman–Crippen MR) is 61.1 cm³/mol. The molecule has 3 nitrogen and oxygen atoms in total. The van der Waals surface area contributed by atoms with Crippen LogP contribution in [0, 0.1) is 5.82 Å². The third-order valence-electron chi connectivity index (χ3n) is 3.16. The summed E-state index contributed by atoms with van der Waals surface area (Å²) in [6.07, 6.45) is 1.30. The minimum atomic E-state index is -0.922. The number of carboxylic acids is 1. The maximum Gasteiger partial charge on any atom is 0.304 e. The van der Waals surface area contributed by atoms with E-state index < -0.39 is 17.2 Å². The molecule has 1 aliphatic rings. The number of aliphatic carboxylic acids is 1. The molecule has 0 heterocycles. The fourth-order valence-corrected chi connectivity index (χ4v) is 2.31. The summed E-state index contributed by atoms with van der Waals surface area (Å²) in [7, 11) is 1.41. The van der Waals surface area contributed by atoms with E-state index in [0.717, 1.165) is 0 Å². The quantitative estimate of drug-likeness (QED) is 0.903. The summed E-state index contributed by atoms with van der Waals surface area (Å²) in [6.45, 7) is 0. The van der Waals surface area contributed by atoms with Crippen LogP contribution in [0.25, 0.3) is 0 Å². The van der Waals surface area contributed by atoms with Crippen molar-refractivity contribution in [1.29, 1.82) is 0 Å². The first kappa shape index (κ1) is 12.2. The topological polar surface area (TPSA) is 46.5 Å². The molecule has 1 saturated carbocycles. The van der Waals surface area contributed by atoms with E-state index in [1.54, 1.807) is 0 Å². The average molecular weight is 259 g/mol. The van der Waals surface area contributed by atoms with Crippen molar-refractivity contribution in [3.8, 4) is 5.75 Å². The van der Waals surface area contributed by atoms with Crippen LogP contribution in [0.15, 0.2) is 12.1 Å². The SMILES string of the molecule is COc1cc(F)c(C2(CC(=O)O)CC2)cc1Cl. The molecule has 0 bridgehead atoms. The maximum absolute atomic E-state index is 13.9. The number of carbonyl (C=O) groups is 1. The Morgan fingerprint density at radius 1 is 1.59 bits per heavy atom. The summed E-state index contributed by atoms with van der Waals surface area (Å²) in [5.74, 6) is -1.11. The first-order chi connectivity index (χ1) is 7.98. The standard InChI is InChI=1S/C12H12ClFO3/c1-17-10-5-9(14)7(4-8(10)13)12(2-3-12)6-11(15)16/h4-5H,2-3,6H2,1H3,(H,15,16). The van der Waals surface area contributed by atoms with Gasteiger partial charge in [-0.2, -0.15) is 0 Å². The molecule has 5 heteroatoms. The summed E-state index contributed by atoms with van der Waals surface area (Å²) in [6, 6.07) is 2.69. The molecule has 1 aliphatic carbocycles. The van der Waals surface area contributed by atoms with E-state index in [2.05, 4.69) is 0 Å². The van der Waals surface area contributed by atoms with E-state index in [4.69, 9.17) is 21.4 Å². The lowest BCUT2D eigenvalue weighted by atomic mass is 9.92. The van der Waals surface area contributed by atoms with E-state index in [1.165, 1.54) is 19.2 Å². The van der Waals surface area contributed by atoms with Gasteiger partial charge in [0.05, 0.1) is 18.6 Å². The Labute approximate surface area is 103 Å². The van der Waals surface area contributed by atoms with Crippen LogP contribution < -0.4 is 4.74 Å². The zero-order chi connectivity index (χ0) is 12.6. The van der Waals surface area contributed by atoms with Crippen molar-refractivity contribution >= 4 is 17.6 Å². The lowest BCUT2D eigenvalue weighted by Crippen LogP contribution is -2.14. The molecule has 0 saturated heterocycles. The Kier molecular flexibility index (Phi) is 3.00. The van der Waals surface area contributed by atoms with Gasteiger partial charge in [-0.3, -0.25) is 4.79 Å². The van der Waals surface area contributed by atoms with Gasteiger partial charge in [0.1, 0.15) is 11.6 Å². The van der Waals surface area contributed by atoms with Gasteiger partial charge in [0.15, 0.2) is 0 Å². The summed E-state index contributed by atoms with van der Waals surface area (Å²) < 4.78 is 18.8. The van der Waals surface area contributed by atoms with Crippen molar-refractivity contribution in [2.24, 2.45) is 0 Å². The summed E-state index contributed by atoms with van der Waals surface area (Å²) in [4.78, 5) is 10.8.